The van der Waals surface area contributed by atoms with Gasteiger partial charge in [0.05, 0.1) is 18.6 Å². The van der Waals surface area contributed by atoms with Gasteiger partial charge in [0.15, 0.2) is 0 Å². The van der Waals surface area contributed by atoms with Gasteiger partial charge in [-0.2, -0.15) is 0 Å². The van der Waals surface area contributed by atoms with E-state index in [1.165, 1.54) is 19.3 Å². The maximum absolute atomic E-state index is 12.5. The fourth-order valence-corrected chi connectivity index (χ4v) is 4.60. The normalized spacial score (nSPS) is 28.9. The molecule has 2 saturated heterocycles. The molecule has 2 aliphatic heterocycles. The van der Waals surface area contributed by atoms with Crippen LogP contribution in [0.3, 0.4) is 0 Å². The van der Waals surface area contributed by atoms with Gasteiger partial charge >= 0.3 is 6.03 Å². The summed E-state index contributed by atoms with van der Waals surface area (Å²) in [5.74, 6) is 0. The van der Waals surface area contributed by atoms with Crippen LogP contribution < -0.4 is 15.5 Å². The lowest BCUT2D eigenvalue weighted by molar-refractivity contribution is -0.955. The Kier molecular flexibility index (Phi) is 5.24. The van der Waals surface area contributed by atoms with E-state index in [0.29, 0.717) is 12.1 Å². The molecule has 0 saturated carbocycles. The first-order valence-electron chi connectivity index (χ1n) is 9.18. The number of aryl methyl sites for hydroxylation is 2. The van der Waals surface area contributed by atoms with Crippen molar-refractivity contribution < 1.29 is 9.69 Å². The van der Waals surface area contributed by atoms with Crippen LogP contribution in [0, 0.1) is 13.8 Å². The second-order valence-corrected chi connectivity index (χ2v) is 7.43. The average Bonchev–Trinajstić information content (AvgIpc) is 2.52. The van der Waals surface area contributed by atoms with Crippen molar-refractivity contribution in [1.82, 2.24) is 5.32 Å². The molecule has 1 aromatic carbocycles. The second-order valence-electron chi connectivity index (χ2n) is 7.43. The minimum Gasteiger partial charge on any atom is -0.335 e. The van der Waals surface area contributed by atoms with Crippen molar-refractivity contribution >= 4 is 11.7 Å². The molecule has 1 aromatic rings. The third kappa shape index (κ3) is 3.64. The van der Waals surface area contributed by atoms with Crippen molar-refractivity contribution in [2.45, 2.75) is 64.1 Å². The maximum atomic E-state index is 12.5. The molecule has 24 heavy (non-hydrogen) atoms. The molecule has 4 heteroatoms. The number of benzene rings is 1. The molecule has 4 atom stereocenters. The van der Waals surface area contributed by atoms with E-state index in [0.717, 1.165) is 36.2 Å². The van der Waals surface area contributed by atoms with Crippen LogP contribution in [0.2, 0.25) is 0 Å². The Balaban J connectivity index is 1.61. The van der Waals surface area contributed by atoms with Gasteiger partial charge < -0.3 is 15.5 Å². The second kappa shape index (κ2) is 7.39. The summed E-state index contributed by atoms with van der Waals surface area (Å²) in [6, 6.07) is 7.64. The summed E-state index contributed by atoms with van der Waals surface area (Å²) in [7, 11) is 0. The quantitative estimate of drug-likeness (QED) is 0.731. The van der Waals surface area contributed by atoms with Crippen LogP contribution in [0.4, 0.5) is 10.5 Å². The first-order valence-corrected chi connectivity index (χ1v) is 9.18. The molecule has 2 amide bonds. The molecule has 0 aliphatic carbocycles. The van der Waals surface area contributed by atoms with Crippen LogP contribution in [-0.4, -0.2) is 30.7 Å². The fraction of sp³-hybridized carbons (Fsp3) is 0.550. The van der Waals surface area contributed by atoms with Crippen LogP contribution in [-0.2, 0) is 0 Å². The zero-order valence-corrected chi connectivity index (χ0v) is 14.9. The lowest BCUT2D eigenvalue weighted by Gasteiger charge is -2.45. The van der Waals surface area contributed by atoms with E-state index in [1.807, 2.05) is 38.1 Å². The third-order valence-electron chi connectivity index (χ3n) is 5.73. The molecule has 3 N–H and O–H groups in total. The highest BCUT2D eigenvalue weighted by atomic mass is 16.2. The topological polar surface area (TPSA) is 45.6 Å². The number of amides is 2. The maximum Gasteiger partial charge on any atom is 0.319 e. The summed E-state index contributed by atoms with van der Waals surface area (Å²) in [5, 5.41) is 6.28. The molecule has 2 heterocycles. The number of carbonyl (C=O) groups is 1. The van der Waals surface area contributed by atoms with Gasteiger partial charge in [-0.15, -0.1) is 0 Å². The number of hydrogen-bond donors (Lipinski definition) is 3. The predicted octanol–water partition coefficient (Wildman–Crippen LogP) is 2.58. The lowest BCUT2D eigenvalue weighted by Crippen LogP contribution is -3.21. The number of piperidine rings is 2. The van der Waals surface area contributed by atoms with Gasteiger partial charge in [0, 0.05) is 24.6 Å². The van der Waals surface area contributed by atoms with Crippen LogP contribution in [0.1, 0.15) is 43.2 Å². The van der Waals surface area contributed by atoms with E-state index in [2.05, 4.69) is 17.2 Å². The molecule has 2 unspecified atom stereocenters. The zero-order valence-electron chi connectivity index (χ0n) is 14.9. The van der Waals surface area contributed by atoms with Crippen LogP contribution in [0.25, 0.3) is 0 Å². The summed E-state index contributed by atoms with van der Waals surface area (Å²) < 4.78 is 0. The predicted molar refractivity (Wildman–Crippen MR) is 98.5 cm³/mol. The third-order valence-corrected chi connectivity index (χ3v) is 5.73. The summed E-state index contributed by atoms with van der Waals surface area (Å²) in [6.45, 7) is 9.03. The average molecular weight is 328 g/mol. The number of quaternary nitrogens is 1. The molecule has 3 rings (SSSR count). The first kappa shape index (κ1) is 17.0. The Morgan fingerprint density at radius 3 is 2.46 bits per heavy atom. The summed E-state index contributed by atoms with van der Waals surface area (Å²) >= 11 is 0. The minimum atomic E-state index is -0.0670. The number of rotatable bonds is 4. The zero-order chi connectivity index (χ0) is 17.1. The summed E-state index contributed by atoms with van der Waals surface area (Å²) in [5.41, 5.74) is 3.14. The summed E-state index contributed by atoms with van der Waals surface area (Å²) in [6.07, 6.45) is 8.09. The highest BCUT2D eigenvalue weighted by Crippen LogP contribution is 2.23. The number of carbonyl (C=O) groups excluding carboxylic acids is 1. The molecule has 2 aliphatic rings. The van der Waals surface area contributed by atoms with Crippen molar-refractivity contribution in [2.24, 2.45) is 0 Å². The molecule has 0 radical (unpaired) electrons. The molecule has 130 valence electrons. The van der Waals surface area contributed by atoms with Gasteiger partial charge in [-0.25, -0.2) is 4.79 Å². The van der Waals surface area contributed by atoms with Gasteiger partial charge in [0.2, 0.25) is 0 Å². The minimum absolute atomic E-state index is 0.0670. The van der Waals surface area contributed by atoms with E-state index in [4.69, 9.17) is 0 Å². The Morgan fingerprint density at radius 2 is 1.88 bits per heavy atom. The Bertz CT molecular complexity index is 579. The van der Waals surface area contributed by atoms with Crippen molar-refractivity contribution in [3.05, 3.63) is 42.0 Å². The highest BCUT2D eigenvalue weighted by Gasteiger charge is 2.41. The number of fused-ring (bicyclic) bond motifs is 2. The van der Waals surface area contributed by atoms with Crippen molar-refractivity contribution in [3.8, 4) is 0 Å². The standard InChI is InChI=1S/C20H29N3O/c1-4-11-23-17-9-6-10-18(23)13-16(12-17)21-20(24)22-19-14(2)7-5-8-15(19)3/h4-5,7-8,16-18H,1,6,9-13H2,2-3H3,(H2,21,22,24)/p+1/t16?,17-,18+. The van der Waals surface area contributed by atoms with Gasteiger partial charge in [0.1, 0.15) is 0 Å². The Hall–Kier alpha value is -1.81. The number of hydrogen-bond acceptors (Lipinski definition) is 1. The van der Waals surface area contributed by atoms with Crippen molar-refractivity contribution in [2.75, 3.05) is 11.9 Å². The van der Waals surface area contributed by atoms with E-state index >= 15 is 0 Å². The monoisotopic (exact) mass is 328 g/mol. The number of nitrogens with one attached hydrogen (secondary N) is 3. The van der Waals surface area contributed by atoms with Gasteiger partial charge in [-0.1, -0.05) is 24.8 Å². The van der Waals surface area contributed by atoms with E-state index < -0.39 is 0 Å². The highest BCUT2D eigenvalue weighted by molar-refractivity contribution is 5.91. The van der Waals surface area contributed by atoms with E-state index in [-0.39, 0.29) is 12.1 Å². The molecule has 4 nitrogen and oxygen atoms in total. The fourth-order valence-electron chi connectivity index (χ4n) is 4.60. The van der Waals surface area contributed by atoms with Gasteiger partial charge in [-0.3, -0.25) is 0 Å². The SMILES string of the molecule is C=CC[NH+]1[C@@H]2CCC[C@H]1CC(NC(=O)Nc1c(C)cccc1C)C2. The van der Waals surface area contributed by atoms with Crippen molar-refractivity contribution in [1.29, 1.82) is 0 Å². The first-order chi connectivity index (χ1) is 11.6. The van der Waals surface area contributed by atoms with Crippen LogP contribution in [0.15, 0.2) is 30.9 Å². The molecular formula is C20H30N3O+. The molecule has 2 fully saturated rings. The number of para-hydroxylation sites is 1. The van der Waals surface area contributed by atoms with Gasteiger partial charge in [0.25, 0.3) is 0 Å². The van der Waals surface area contributed by atoms with E-state index in [9.17, 15) is 4.79 Å². The van der Waals surface area contributed by atoms with Crippen LogP contribution >= 0.6 is 0 Å². The molecule has 0 aromatic heterocycles. The molecule has 2 bridgehead atoms. The lowest BCUT2D eigenvalue weighted by atomic mass is 9.82. The Morgan fingerprint density at radius 1 is 1.25 bits per heavy atom. The van der Waals surface area contributed by atoms with E-state index in [1.54, 1.807) is 4.90 Å². The Labute approximate surface area is 145 Å². The smallest absolute Gasteiger partial charge is 0.319 e. The summed E-state index contributed by atoms with van der Waals surface area (Å²) in [4.78, 5) is 14.2. The van der Waals surface area contributed by atoms with Crippen molar-refractivity contribution in [3.63, 3.8) is 0 Å². The van der Waals surface area contributed by atoms with Crippen LogP contribution in [0.5, 0.6) is 0 Å². The number of urea groups is 1. The molecule has 0 spiro atoms. The molecular weight excluding hydrogens is 298 g/mol. The largest absolute Gasteiger partial charge is 0.335 e. The van der Waals surface area contributed by atoms with Gasteiger partial charge in [-0.05, 0) is 50.3 Å². The number of anilines is 1.